The van der Waals surface area contributed by atoms with Crippen LogP contribution in [0.1, 0.15) is 5.01 Å². The molecule has 0 aliphatic carbocycles. The normalized spacial score (nSPS) is 10.4. The highest BCUT2D eigenvalue weighted by Crippen LogP contribution is 2.28. The molecular weight excluding hydrogens is 358 g/mol. The number of ether oxygens (including phenoxy) is 1. The Kier molecular flexibility index (Phi) is 5.21. The van der Waals surface area contributed by atoms with Crippen molar-refractivity contribution in [3.05, 3.63) is 57.9 Å². The van der Waals surface area contributed by atoms with Crippen LogP contribution in [0.4, 0.5) is 16.2 Å². The lowest BCUT2D eigenvalue weighted by Gasteiger charge is -2.11. The molecule has 1 aromatic heterocycles. The van der Waals surface area contributed by atoms with Crippen molar-refractivity contribution in [1.82, 2.24) is 4.98 Å². The lowest BCUT2D eigenvalue weighted by molar-refractivity contribution is 0.262. The summed E-state index contributed by atoms with van der Waals surface area (Å²) in [7, 11) is 1.53. The molecule has 1 heterocycles. The third-order valence-electron chi connectivity index (χ3n) is 3.47. The van der Waals surface area contributed by atoms with Crippen molar-refractivity contribution in [3.8, 4) is 17.0 Å². The van der Waals surface area contributed by atoms with Gasteiger partial charge in [-0.25, -0.2) is 9.78 Å². The summed E-state index contributed by atoms with van der Waals surface area (Å²) in [5.74, 6) is 0.536. The Hall–Kier alpha value is -2.57. The van der Waals surface area contributed by atoms with Gasteiger partial charge in [-0.05, 0) is 37.3 Å². The number of hydrogen-bond donors (Lipinski definition) is 2. The standard InChI is InChI=1S/C18H16ClN3O2S/c1-11-20-16(10-25-11)12-3-6-14(7-4-12)21-18(23)22-15-9-13(19)5-8-17(15)24-2/h3-10H,1-2H3,(H2,21,22,23). The maximum absolute atomic E-state index is 12.2. The summed E-state index contributed by atoms with van der Waals surface area (Å²) >= 11 is 7.57. The van der Waals surface area contributed by atoms with Gasteiger partial charge in [0.15, 0.2) is 0 Å². The zero-order chi connectivity index (χ0) is 17.8. The minimum absolute atomic E-state index is 0.377. The number of methoxy groups -OCH3 is 1. The fourth-order valence-electron chi connectivity index (χ4n) is 2.28. The van der Waals surface area contributed by atoms with Crippen molar-refractivity contribution in [2.75, 3.05) is 17.7 Å². The first kappa shape index (κ1) is 17.3. The van der Waals surface area contributed by atoms with Crippen LogP contribution in [0.25, 0.3) is 11.3 Å². The number of rotatable bonds is 4. The van der Waals surface area contributed by atoms with Gasteiger partial charge in [-0.15, -0.1) is 11.3 Å². The number of urea groups is 1. The molecular formula is C18H16ClN3O2S. The molecule has 3 rings (SSSR count). The molecule has 0 aliphatic rings. The number of hydrogen-bond acceptors (Lipinski definition) is 4. The SMILES string of the molecule is COc1ccc(Cl)cc1NC(=O)Nc1ccc(-c2csc(C)n2)cc1. The number of nitrogens with one attached hydrogen (secondary N) is 2. The number of carbonyl (C=O) groups excluding carboxylic acids is 1. The minimum Gasteiger partial charge on any atom is -0.495 e. The van der Waals surface area contributed by atoms with Gasteiger partial charge in [-0.2, -0.15) is 0 Å². The first-order valence-corrected chi connectivity index (χ1v) is 8.75. The topological polar surface area (TPSA) is 63.2 Å². The second-order valence-electron chi connectivity index (χ2n) is 5.25. The van der Waals surface area contributed by atoms with Gasteiger partial charge in [0.05, 0.1) is 23.5 Å². The number of carbonyl (C=O) groups is 1. The summed E-state index contributed by atoms with van der Waals surface area (Å²) < 4.78 is 5.21. The quantitative estimate of drug-likeness (QED) is 0.641. The van der Waals surface area contributed by atoms with Gasteiger partial charge in [-0.1, -0.05) is 23.7 Å². The summed E-state index contributed by atoms with van der Waals surface area (Å²) in [6.45, 7) is 1.97. The van der Waals surface area contributed by atoms with Crippen LogP contribution >= 0.6 is 22.9 Å². The number of amides is 2. The smallest absolute Gasteiger partial charge is 0.323 e. The second-order valence-corrected chi connectivity index (χ2v) is 6.75. The fourth-order valence-corrected chi connectivity index (χ4v) is 3.08. The second kappa shape index (κ2) is 7.55. The highest BCUT2D eigenvalue weighted by molar-refractivity contribution is 7.09. The highest BCUT2D eigenvalue weighted by Gasteiger charge is 2.09. The number of aryl methyl sites for hydroxylation is 1. The van der Waals surface area contributed by atoms with Crippen molar-refractivity contribution in [3.63, 3.8) is 0 Å². The Balaban J connectivity index is 1.68. The highest BCUT2D eigenvalue weighted by atomic mass is 35.5. The minimum atomic E-state index is -0.377. The van der Waals surface area contributed by atoms with Gasteiger partial charge >= 0.3 is 6.03 Å². The molecule has 2 amide bonds. The van der Waals surface area contributed by atoms with E-state index in [1.54, 1.807) is 29.5 Å². The molecule has 0 unspecified atom stereocenters. The van der Waals surface area contributed by atoms with Crippen molar-refractivity contribution in [2.45, 2.75) is 6.92 Å². The monoisotopic (exact) mass is 373 g/mol. The lowest BCUT2D eigenvalue weighted by Crippen LogP contribution is -2.19. The fraction of sp³-hybridized carbons (Fsp3) is 0.111. The molecule has 0 saturated heterocycles. The van der Waals surface area contributed by atoms with Gasteiger partial charge in [-0.3, -0.25) is 0 Å². The van der Waals surface area contributed by atoms with E-state index in [0.29, 0.717) is 22.1 Å². The van der Waals surface area contributed by atoms with E-state index in [1.807, 2.05) is 36.6 Å². The molecule has 5 nitrogen and oxygen atoms in total. The molecule has 2 N–H and O–H groups in total. The van der Waals surface area contributed by atoms with Crippen molar-refractivity contribution < 1.29 is 9.53 Å². The lowest BCUT2D eigenvalue weighted by atomic mass is 10.1. The number of nitrogens with zero attached hydrogens (tertiary/aromatic N) is 1. The van der Waals surface area contributed by atoms with Crippen molar-refractivity contribution in [2.24, 2.45) is 0 Å². The van der Waals surface area contributed by atoms with E-state index < -0.39 is 0 Å². The molecule has 0 saturated carbocycles. The Bertz CT molecular complexity index is 894. The van der Waals surface area contributed by atoms with Crippen LogP contribution in [0.2, 0.25) is 5.02 Å². The predicted octanol–water partition coefficient (Wildman–Crippen LogP) is 5.42. The van der Waals surface area contributed by atoms with Crippen molar-refractivity contribution >= 4 is 40.3 Å². The molecule has 0 fully saturated rings. The van der Waals surface area contributed by atoms with Crippen LogP contribution in [0.5, 0.6) is 5.75 Å². The molecule has 0 atom stereocenters. The summed E-state index contributed by atoms with van der Waals surface area (Å²) in [6.07, 6.45) is 0. The van der Waals surface area contributed by atoms with Crippen LogP contribution in [0.15, 0.2) is 47.8 Å². The number of anilines is 2. The van der Waals surface area contributed by atoms with E-state index in [4.69, 9.17) is 16.3 Å². The summed E-state index contributed by atoms with van der Waals surface area (Å²) in [5.41, 5.74) is 3.12. The molecule has 3 aromatic rings. The number of aromatic nitrogens is 1. The Labute approximate surface area is 154 Å². The van der Waals surface area contributed by atoms with Crippen LogP contribution in [-0.4, -0.2) is 18.1 Å². The number of halogens is 1. The third-order valence-corrected chi connectivity index (χ3v) is 4.48. The van der Waals surface area contributed by atoms with E-state index >= 15 is 0 Å². The van der Waals surface area contributed by atoms with Gasteiger partial charge in [0.1, 0.15) is 5.75 Å². The average Bonchev–Trinajstić information content (AvgIpc) is 3.02. The largest absolute Gasteiger partial charge is 0.495 e. The van der Waals surface area contributed by atoms with E-state index in [9.17, 15) is 4.79 Å². The van der Waals surface area contributed by atoms with E-state index in [-0.39, 0.29) is 6.03 Å². The first-order valence-electron chi connectivity index (χ1n) is 7.49. The van der Waals surface area contributed by atoms with E-state index in [0.717, 1.165) is 16.3 Å². The molecule has 25 heavy (non-hydrogen) atoms. The summed E-state index contributed by atoms with van der Waals surface area (Å²) in [6, 6.07) is 12.2. The average molecular weight is 374 g/mol. The van der Waals surface area contributed by atoms with Crippen molar-refractivity contribution in [1.29, 1.82) is 0 Å². The molecule has 128 valence electrons. The molecule has 0 spiro atoms. The summed E-state index contributed by atoms with van der Waals surface area (Å²) in [4.78, 5) is 16.6. The Morgan fingerprint density at radius 2 is 1.92 bits per heavy atom. The van der Waals surface area contributed by atoms with Gasteiger partial charge < -0.3 is 15.4 Å². The number of thiazole rings is 1. The molecule has 0 aliphatic heterocycles. The van der Waals surface area contributed by atoms with E-state index in [1.165, 1.54) is 7.11 Å². The van der Waals surface area contributed by atoms with Crippen LogP contribution in [0, 0.1) is 6.92 Å². The Morgan fingerprint density at radius 3 is 2.56 bits per heavy atom. The molecule has 0 bridgehead atoms. The molecule has 0 radical (unpaired) electrons. The zero-order valence-corrected chi connectivity index (χ0v) is 15.2. The number of benzene rings is 2. The third kappa shape index (κ3) is 4.29. The van der Waals surface area contributed by atoms with Gasteiger partial charge in [0.25, 0.3) is 0 Å². The van der Waals surface area contributed by atoms with E-state index in [2.05, 4.69) is 15.6 Å². The van der Waals surface area contributed by atoms with Gasteiger partial charge in [0.2, 0.25) is 0 Å². The van der Waals surface area contributed by atoms with Crippen LogP contribution < -0.4 is 15.4 Å². The predicted molar refractivity (Wildman–Crippen MR) is 103 cm³/mol. The maximum atomic E-state index is 12.2. The zero-order valence-electron chi connectivity index (χ0n) is 13.7. The first-order chi connectivity index (χ1) is 12.0. The molecule has 7 heteroatoms. The van der Waals surface area contributed by atoms with Gasteiger partial charge in [0, 0.05) is 21.7 Å². The summed E-state index contributed by atoms with van der Waals surface area (Å²) in [5, 5.41) is 9.05. The Morgan fingerprint density at radius 1 is 1.16 bits per heavy atom. The van der Waals surface area contributed by atoms with Crippen LogP contribution in [-0.2, 0) is 0 Å². The van der Waals surface area contributed by atoms with Crippen LogP contribution in [0.3, 0.4) is 0 Å². The molecule has 2 aromatic carbocycles. The maximum Gasteiger partial charge on any atom is 0.323 e.